The number of hydrogen-bond donors (Lipinski definition) is 0. The summed E-state index contributed by atoms with van der Waals surface area (Å²) in [6.07, 6.45) is 1.45. The molecule has 0 unspecified atom stereocenters. The van der Waals surface area contributed by atoms with Crippen LogP contribution < -0.4 is 10.1 Å². The third-order valence-electron chi connectivity index (χ3n) is 3.64. The Morgan fingerprint density at radius 3 is 2.70 bits per heavy atom. The van der Waals surface area contributed by atoms with Crippen LogP contribution in [0.15, 0.2) is 36.5 Å². The molecule has 0 saturated carbocycles. The van der Waals surface area contributed by atoms with Crippen molar-refractivity contribution in [3.63, 3.8) is 0 Å². The minimum Gasteiger partial charge on any atom is -0.316 e. The minimum atomic E-state index is -1.62. The Morgan fingerprint density at radius 2 is 2.10 bits per heavy atom. The van der Waals surface area contributed by atoms with Gasteiger partial charge in [0.15, 0.2) is 0 Å². The molecule has 0 radical (unpaired) electrons. The van der Waals surface area contributed by atoms with Gasteiger partial charge in [0.05, 0.1) is 6.67 Å². The van der Waals surface area contributed by atoms with E-state index in [1.165, 1.54) is 5.19 Å². The van der Waals surface area contributed by atoms with Crippen molar-refractivity contribution in [2.45, 2.75) is 32.4 Å². The predicted molar refractivity (Wildman–Crippen MR) is 87.0 cm³/mol. The van der Waals surface area contributed by atoms with Crippen LogP contribution in [-0.4, -0.2) is 27.7 Å². The van der Waals surface area contributed by atoms with E-state index >= 15 is 0 Å². The number of halogens is 1. The number of carbonyl (C=O) groups excluding carboxylic acids is 1. The summed E-state index contributed by atoms with van der Waals surface area (Å²) >= 11 is 0. The number of anilines is 1. The SMILES string of the molecule is C=C[Si](C)(C)c1cccc(N(C)C(=O)CCCCF)c1. The maximum atomic E-state index is 12.1. The van der Waals surface area contributed by atoms with Crippen LogP contribution in [0, 0.1) is 0 Å². The zero-order valence-corrected chi connectivity index (χ0v) is 13.7. The fraction of sp³-hybridized carbons (Fsp3) is 0.438. The molecule has 0 aliphatic carbocycles. The summed E-state index contributed by atoms with van der Waals surface area (Å²) in [5.41, 5.74) is 2.94. The monoisotopic (exact) mass is 293 g/mol. The molecule has 0 aromatic heterocycles. The molecule has 1 aromatic rings. The second-order valence-corrected chi connectivity index (χ2v) is 10.0. The van der Waals surface area contributed by atoms with E-state index in [0.29, 0.717) is 19.3 Å². The van der Waals surface area contributed by atoms with E-state index < -0.39 is 8.07 Å². The molecule has 0 aliphatic heterocycles. The fourth-order valence-corrected chi connectivity index (χ4v) is 3.20. The zero-order chi connectivity index (χ0) is 15.2. The Kier molecular flexibility index (Phi) is 6.14. The molecule has 20 heavy (non-hydrogen) atoms. The molecular weight excluding hydrogens is 269 g/mol. The summed E-state index contributed by atoms with van der Waals surface area (Å²) in [6.45, 7) is 8.01. The number of unbranched alkanes of at least 4 members (excludes halogenated alkanes) is 1. The van der Waals surface area contributed by atoms with Crippen molar-refractivity contribution in [2.75, 3.05) is 18.6 Å². The van der Waals surface area contributed by atoms with Crippen molar-refractivity contribution in [3.05, 3.63) is 36.5 Å². The summed E-state index contributed by atoms with van der Waals surface area (Å²) in [4.78, 5) is 13.7. The van der Waals surface area contributed by atoms with E-state index in [1.54, 1.807) is 11.9 Å². The smallest absolute Gasteiger partial charge is 0.226 e. The van der Waals surface area contributed by atoms with Gasteiger partial charge in [-0.25, -0.2) is 0 Å². The largest absolute Gasteiger partial charge is 0.316 e. The number of benzene rings is 1. The highest BCUT2D eigenvalue weighted by molar-refractivity contribution is 6.93. The molecule has 4 heteroatoms. The van der Waals surface area contributed by atoms with Crippen LogP contribution in [0.1, 0.15) is 19.3 Å². The van der Waals surface area contributed by atoms with Crippen molar-refractivity contribution in [1.82, 2.24) is 0 Å². The first-order chi connectivity index (χ1) is 9.42. The summed E-state index contributed by atoms with van der Waals surface area (Å²) in [5, 5.41) is 1.26. The average Bonchev–Trinajstić information content (AvgIpc) is 2.46. The van der Waals surface area contributed by atoms with Crippen LogP contribution in [0.25, 0.3) is 0 Å². The molecule has 0 aliphatic rings. The van der Waals surface area contributed by atoms with Crippen LogP contribution in [0.3, 0.4) is 0 Å². The third kappa shape index (κ3) is 4.30. The molecule has 0 bridgehead atoms. The Labute approximate surface area is 122 Å². The number of nitrogens with zero attached hydrogens (tertiary/aromatic N) is 1. The number of hydrogen-bond acceptors (Lipinski definition) is 1. The third-order valence-corrected chi connectivity index (χ3v) is 6.46. The first kappa shape index (κ1) is 16.6. The van der Waals surface area contributed by atoms with Gasteiger partial charge in [-0.3, -0.25) is 9.18 Å². The van der Waals surface area contributed by atoms with Crippen LogP contribution in [-0.2, 0) is 4.79 Å². The number of carbonyl (C=O) groups is 1. The van der Waals surface area contributed by atoms with E-state index in [0.717, 1.165) is 5.69 Å². The highest BCUT2D eigenvalue weighted by Crippen LogP contribution is 2.15. The molecule has 110 valence electrons. The molecule has 0 atom stereocenters. The van der Waals surface area contributed by atoms with Crippen molar-refractivity contribution in [2.24, 2.45) is 0 Å². The molecule has 0 spiro atoms. The van der Waals surface area contributed by atoms with Gasteiger partial charge in [-0.15, -0.1) is 6.58 Å². The Balaban J connectivity index is 2.83. The van der Waals surface area contributed by atoms with Gasteiger partial charge in [-0.2, -0.15) is 0 Å². The molecule has 1 amide bonds. The van der Waals surface area contributed by atoms with E-state index in [1.807, 2.05) is 17.8 Å². The highest BCUT2D eigenvalue weighted by atomic mass is 28.3. The van der Waals surface area contributed by atoms with E-state index in [2.05, 4.69) is 31.8 Å². The lowest BCUT2D eigenvalue weighted by Gasteiger charge is -2.22. The summed E-state index contributed by atoms with van der Waals surface area (Å²) in [7, 11) is 0.157. The Bertz CT molecular complexity index is 473. The van der Waals surface area contributed by atoms with Crippen LogP contribution >= 0.6 is 0 Å². The maximum absolute atomic E-state index is 12.1. The van der Waals surface area contributed by atoms with Gasteiger partial charge in [0, 0.05) is 19.2 Å². The van der Waals surface area contributed by atoms with Gasteiger partial charge in [0.1, 0.15) is 8.07 Å². The Hall–Kier alpha value is -1.42. The van der Waals surface area contributed by atoms with Crippen LogP contribution in [0.5, 0.6) is 0 Å². The number of amides is 1. The van der Waals surface area contributed by atoms with Crippen molar-refractivity contribution >= 4 is 24.9 Å². The molecule has 0 saturated heterocycles. The number of rotatable bonds is 7. The maximum Gasteiger partial charge on any atom is 0.226 e. The van der Waals surface area contributed by atoms with Gasteiger partial charge in [-0.05, 0) is 25.0 Å². The minimum absolute atomic E-state index is 0.0358. The Morgan fingerprint density at radius 1 is 1.40 bits per heavy atom. The van der Waals surface area contributed by atoms with E-state index in [4.69, 9.17) is 0 Å². The summed E-state index contributed by atoms with van der Waals surface area (Å²) in [5.74, 6) is 0.0358. The molecule has 0 heterocycles. The normalized spacial score (nSPS) is 11.2. The van der Waals surface area contributed by atoms with Crippen molar-refractivity contribution in [3.8, 4) is 0 Å². The van der Waals surface area contributed by atoms with E-state index in [9.17, 15) is 9.18 Å². The van der Waals surface area contributed by atoms with Crippen molar-refractivity contribution < 1.29 is 9.18 Å². The lowest BCUT2D eigenvalue weighted by Crippen LogP contribution is -2.39. The van der Waals surface area contributed by atoms with E-state index in [-0.39, 0.29) is 12.6 Å². The standard InChI is InChI=1S/C16H24FNOSi/c1-5-20(3,4)15-10-8-9-14(13-15)18(2)16(19)11-6-7-12-17/h5,8-10,13H,1,6-7,11-12H2,2-4H3. The number of alkyl halides is 1. The molecular formula is C16H24FNOSi. The first-order valence-corrected chi connectivity index (χ1v) is 10.1. The molecule has 2 nitrogen and oxygen atoms in total. The average molecular weight is 293 g/mol. The second kappa shape index (κ2) is 7.38. The lowest BCUT2D eigenvalue weighted by atomic mass is 10.2. The van der Waals surface area contributed by atoms with Gasteiger partial charge in [-0.1, -0.05) is 36.1 Å². The van der Waals surface area contributed by atoms with Gasteiger partial charge in [0.2, 0.25) is 5.91 Å². The van der Waals surface area contributed by atoms with Gasteiger partial charge >= 0.3 is 0 Å². The second-order valence-electron chi connectivity index (χ2n) is 5.57. The fourth-order valence-electron chi connectivity index (χ4n) is 1.92. The first-order valence-electron chi connectivity index (χ1n) is 6.99. The summed E-state index contributed by atoms with van der Waals surface area (Å²) < 4.78 is 12.1. The quantitative estimate of drug-likeness (QED) is 0.557. The molecule has 1 aromatic carbocycles. The highest BCUT2D eigenvalue weighted by Gasteiger charge is 2.20. The molecule has 0 fully saturated rings. The zero-order valence-electron chi connectivity index (χ0n) is 12.7. The summed E-state index contributed by atoms with van der Waals surface area (Å²) in [6, 6.07) is 8.08. The van der Waals surface area contributed by atoms with Gasteiger partial charge in [0.25, 0.3) is 0 Å². The van der Waals surface area contributed by atoms with Gasteiger partial charge < -0.3 is 4.90 Å². The molecule has 0 N–H and O–H groups in total. The predicted octanol–water partition coefficient (Wildman–Crippen LogP) is 3.43. The van der Waals surface area contributed by atoms with Crippen LogP contribution in [0.4, 0.5) is 10.1 Å². The topological polar surface area (TPSA) is 20.3 Å². The molecule has 1 rings (SSSR count). The van der Waals surface area contributed by atoms with Crippen molar-refractivity contribution in [1.29, 1.82) is 0 Å². The van der Waals surface area contributed by atoms with Crippen LogP contribution in [0.2, 0.25) is 13.1 Å². The lowest BCUT2D eigenvalue weighted by molar-refractivity contribution is -0.118.